The van der Waals surface area contributed by atoms with Gasteiger partial charge < -0.3 is 4.42 Å². The lowest BCUT2D eigenvalue weighted by Gasteiger charge is -2.23. The fraction of sp³-hybridized carbons (Fsp3) is 0. The van der Waals surface area contributed by atoms with E-state index in [1.54, 1.807) is 0 Å². The SMILES string of the molecule is c1ccc2cc(-c3ccc(-c4ccc(N(c5ccc(-c6ccc7ccccc7c6)cc5)c5cc6cc7ccccc7cc6o5)cc4)cc3)ccc2c1. The van der Waals surface area contributed by atoms with Gasteiger partial charge in [-0.1, -0.05) is 146 Å². The summed E-state index contributed by atoms with van der Waals surface area (Å²) in [4.78, 5) is 2.21. The second kappa shape index (κ2) is 12.5. The molecule has 9 aromatic carbocycles. The van der Waals surface area contributed by atoms with Crippen LogP contribution in [0.2, 0.25) is 0 Å². The third kappa shape index (κ3) is 5.48. The number of fused-ring (bicyclic) bond motifs is 4. The van der Waals surface area contributed by atoms with E-state index in [2.05, 4.69) is 205 Å². The first-order valence-corrected chi connectivity index (χ1v) is 17.7. The van der Waals surface area contributed by atoms with E-state index in [0.717, 1.165) is 39.2 Å². The number of rotatable bonds is 6. The highest BCUT2D eigenvalue weighted by Gasteiger charge is 2.18. The fourth-order valence-corrected chi connectivity index (χ4v) is 7.43. The van der Waals surface area contributed by atoms with Gasteiger partial charge in [-0.2, -0.15) is 0 Å². The molecular formula is C50H33NO. The molecule has 0 saturated carbocycles. The van der Waals surface area contributed by atoms with Gasteiger partial charge in [-0.05, 0) is 114 Å². The topological polar surface area (TPSA) is 16.4 Å². The van der Waals surface area contributed by atoms with Crippen LogP contribution in [0.5, 0.6) is 0 Å². The largest absolute Gasteiger partial charge is 0.440 e. The van der Waals surface area contributed by atoms with Crippen molar-refractivity contribution in [2.45, 2.75) is 0 Å². The van der Waals surface area contributed by atoms with Gasteiger partial charge in [-0.3, -0.25) is 4.90 Å². The van der Waals surface area contributed by atoms with Crippen LogP contribution < -0.4 is 4.90 Å². The predicted octanol–water partition coefficient (Wildman–Crippen LogP) is 14.4. The molecule has 0 aliphatic carbocycles. The number of anilines is 3. The maximum Gasteiger partial charge on any atom is 0.205 e. The van der Waals surface area contributed by atoms with Crippen molar-refractivity contribution in [3.63, 3.8) is 0 Å². The number of hydrogen-bond donors (Lipinski definition) is 0. The monoisotopic (exact) mass is 663 g/mol. The van der Waals surface area contributed by atoms with Crippen molar-refractivity contribution in [1.82, 2.24) is 0 Å². The van der Waals surface area contributed by atoms with Crippen LogP contribution in [0.4, 0.5) is 17.3 Å². The zero-order chi connectivity index (χ0) is 34.4. The van der Waals surface area contributed by atoms with Gasteiger partial charge >= 0.3 is 0 Å². The number of furan rings is 1. The second-order valence-corrected chi connectivity index (χ2v) is 13.5. The molecule has 0 bridgehead atoms. The summed E-state index contributed by atoms with van der Waals surface area (Å²) in [6.07, 6.45) is 0. The summed E-state index contributed by atoms with van der Waals surface area (Å²) in [6.45, 7) is 0. The van der Waals surface area contributed by atoms with Crippen LogP contribution in [-0.2, 0) is 0 Å². The van der Waals surface area contributed by atoms with Gasteiger partial charge in [0.25, 0.3) is 0 Å². The molecule has 0 amide bonds. The summed E-state index contributed by atoms with van der Waals surface area (Å²) in [5, 5.41) is 8.44. The van der Waals surface area contributed by atoms with Crippen molar-refractivity contribution < 1.29 is 4.42 Å². The highest BCUT2D eigenvalue weighted by molar-refractivity contribution is 5.98. The van der Waals surface area contributed by atoms with Crippen LogP contribution in [-0.4, -0.2) is 0 Å². The first-order valence-electron chi connectivity index (χ1n) is 17.7. The summed E-state index contributed by atoms with van der Waals surface area (Å²) in [6, 6.07) is 71.7. The Bertz CT molecular complexity index is 2830. The molecule has 1 heterocycles. The van der Waals surface area contributed by atoms with Gasteiger partial charge in [0, 0.05) is 22.8 Å². The van der Waals surface area contributed by atoms with E-state index >= 15 is 0 Å². The van der Waals surface area contributed by atoms with Gasteiger partial charge in [-0.15, -0.1) is 0 Å². The molecule has 0 fully saturated rings. The molecule has 10 aromatic rings. The molecule has 0 atom stereocenters. The van der Waals surface area contributed by atoms with E-state index in [0.29, 0.717) is 0 Å². The average Bonchev–Trinajstić information content (AvgIpc) is 3.62. The van der Waals surface area contributed by atoms with Crippen molar-refractivity contribution >= 4 is 60.5 Å². The minimum Gasteiger partial charge on any atom is -0.440 e. The summed E-state index contributed by atoms with van der Waals surface area (Å²) < 4.78 is 6.63. The van der Waals surface area contributed by atoms with E-state index in [-0.39, 0.29) is 0 Å². The standard InChI is InChI=1S/C50H33NO/c1-3-9-40-29-44(19-17-34(40)7-1)38-15-13-36(14-16-38)37-21-25-47(26-22-37)51(50-33-46-31-42-11-5-6-12-43(42)32-49(46)52-50)48-27-23-39(24-28-48)45-20-18-35-8-2-4-10-41(35)30-45/h1-33H. The van der Waals surface area contributed by atoms with Crippen molar-refractivity contribution in [3.05, 3.63) is 200 Å². The Kier molecular flexibility index (Phi) is 7.18. The Balaban J connectivity index is 1.00. The highest BCUT2D eigenvalue weighted by atomic mass is 16.4. The Morgan fingerprint density at radius 2 is 0.635 bits per heavy atom. The highest BCUT2D eigenvalue weighted by Crippen LogP contribution is 2.40. The molecule has 1 aromatic heterocycles. The zero-order valence-corrected chi connectivity index (χ0v) is 28.4. The van der Waals surface area contributed by atoms with Gasteiger partial charge in [0.2, 0.25) is 5.88 Å². The lowest BCUT2D eigenvalue weighted by Crippen LogP contribution is -2.08. The molecule has 2 heteroatoms. The molecule has 10 rings (SSSR count). The Morgan fingerprint density at radius 1 is 0.269 bits per heavy atom. The number of benzene rings is 9. The molecule has 0 N–H and O–H groups in total. The minimum atomic E-state index is 0.774. The van der Waals surface area contributed by atoms with Crippen LogP contribution in [0.1, 0.15) is 0 Å². The van der Waals surface area contributed by atoms with Crippen LogP contribution in [0.15, 0.2) is 205 Å². The smallest absolute Gasteiger partial charge is 0.205 e. The third-order valence-electron chi connectivity index (χ3n) is 10.2. The zero-order valence-electron chi connectivity index (χ0n) is 28.4. The van der Waals surface area contributed by atoms with Gasteiger partial charge in [0.05, 0.1) is 0 Å². The molecule has 244 valence electrons. The van der Waals surface area contributed by atoms with Crippen LogP contribution >= 0.6 is 0 Å². The molecule has 0 radical (unpaired) electrons. The minimum absolute atomic E-state index is 0.774. The van der Waals surface area contributed by atoms with Gasteiger partial charge in [0.1, 0.15) is 5.58 Å². The number of nitrogens with zero attached hydrogens (tertiary/aromatic N) is 1. The summed E-state index contributed by atoms with van der Waals surface area (Å²) in [7, 11) is 0. The Hall–Kier alpha value is -6.90. The van der Waals surface area contributed by atoms with Crippen LogP contribution in [0.25, 0.3) is 76.7 Å². The number of hydrogen-bond acceptors (Lipinski definition) is 2. The Labute approximate surface area is 302 Å². The van der Waals surface area contributed by atoms with E-state index in [4.69, 9.17) is 4.42 Å². The van der Waals surface area contributed by atoms with Gasteiger partial charge in [-0.25, -0.2) is 0 Å². The van der Waals surface area contributed by atoms with E-state index in [1.165, 1.54) is 54.7 Å². The first kappa shape index (κ1) is 30.0. The molecule has 0 unspecified atom stereocenters. The predicted molar refractivity (Wildman–Crippen MR) is 220 cm³/mol. The lowest BCUT2D eigenvalue weighted by atomic mass is 9.98. The average molecular weight is 664 g/mol. The van der Waals surface area contributed by atoms with Crippen molar-refractivity contribution in [1.29, 1.82) is 0 Å². The molecule has 0 saturated heterocycles. The lowest BCUT2D eigenvalue weighted by molar-refractivity contribution is 0.621. The molecule has 52 heavy (non-hydrogen) atoms. The van der Waals surface area contributed by atoms with Crippen molar-refractivity contribution in [3.8, 4) is 33.4 Å². The van der Waals surface area contributed by atoms with Crippen molar-refractivity contribution in [2.75, 3.05) is 4.90 Å². The maximum atomic E-state index is 6.63. The third-order valence-corrected chi connectivity index (χ3v) is 10.2. The quantitative estimate of drug-likeness (QED) is 0.176. The van der Waals surface area contributed by atoms with Crippen LogP contribution in [0, 0.1) is 0 Å². The molecule has 0 spiro atoms. The summed E-state index contributed by atoms with van der Waals surface area (Å²) >= 11 is 0. The van der Waals surface area contributed by atoms with E-state index in [1.807, 2.05) is 0 Å². The summed E-state index contributed by atoms with van der Waals surface area (Å²) in [5.74, 6) is 0.774. The van der Waals surface area contributed by atoms with Crippen molar-refractivity contribution in [2.24, 2.45) is 0 Å². The maximum absolute atomic E-state index is 6.63. The first-order chi connectivity index (χ1) is 25.7. The fourth-order valence-electron chi connectivity index (χ4n) is 7.43. The van der Waals surface area contributed by atoms with Crippen LogP contribution in [0.3, 0.4) is 0 Å². The van der Waals surface area contributed by atoms with E-state index < -0.39 is 0 Å². The molecular weight excluding hydrogens is 631 g/mol. The molecule has 0 aliphatic rings. The van der Waals surface area contributed by atoms with Gasteiger partial charge in [0.15, 0.2) is 0 Å². The molecule has 0 aliphatic heterocycles. The van der Waals surface area contributed by atoms with E-state index in [9.17, 15) is 0 Å². The normalized spacial score (nSPS) is 11.5. The Morgan fingerprint density at radius 3 is 1.12 bits per heavy atom. The second-order valence-electron chi connectivity index (χ2n) is 13.5. The summed E-state index contributed by atoms with van der Waals surface area (Å²) in [5.41, 5.74) is 10.1. The molecule has 2 nitrogen and oxygen atoms in total.